The van der Waals surface area contributed by atoms with Gasteiger partial charge < -0.3 is 4.74 Å². The molecule has 1 aliphatic rings. The van der Waals surface area contributed by atoms with E-state index in [0.29, 0.717) is 12.5 Å². The smallest absolute Gasteiger partial charge is 0.0717 e. The molecule has 20 heavy (non-hydrogen) atoms. The molecule has 0 radical (unpaired) electrons. The third-order valence-corrected chi connectivity index (χ3v) is 3.88. The largest absolute Gasteiger partial charge is 0.376 e. The predicted octanol–water partition coefficient (Wildman–Crippen LogP) is 4.48. The summed E-state index contributed by atoms with van der Waals surface area (Å²) in [6.45, 7) is 3.72. The van der Waals surface area contributed by atoms with Crippen LogP contribution < -0.4 is 0 Å². The van der Waals surface area contributed by atoms with Crippen LogP contribution in [0.1, 0.15) is 23.6 Å². The molecule has 1 unspecified atom stereocenters. The molecule has 1 heteroatoms. The topological polar surface area (TPSA) is 9.23 Å². The van der Waals surface area contributed by atoms with Crippen LogP contribution in [0.2, 0.25) is 0 Å². The molecular formula is C19H20O. The first-order valence-electron chi connectivity index (χ1n) is 7.24. The summed E-state index contributed by atoms with van der Waals surface area (Å²) in [6, 6.07) is 19.0. The third kappa shape index (κ3) is 2.83. The van der Waals surface area contributed by atoms with Crippen molar-refractivity contribution in [2.45, 2.75) is 20.0 Å². The van der Waals surface area contributed by atoms with E-state index in [4.69, 9.17) is 4.74 Å². The fraction of sp³-hybridized carbons (Fsp3) is 0.263. The van der Waals surface area contributed by atoms with Crippen molar-refractivity contribution in [3.05, 3.63) is 77.4 Å². The molecule has 0 fully saturated rings. The van der Waals surface area contributed by atoms with Gasteiger partial charge in [-0.1, -0.05) is 67.6 Å². The molecule has 2 aromatic carbocycles. The van der Waals surface area contributed by atoms with Crippen LogP contribution in [0.5, 0.6) is 0 Å². The lowest BCUT2D eigenvalue weighted by molar-refractivity contribution is 0.106. The molecule has 0 bridgehead atoms. The Morgan fingerprint density at radius 2 is 1.75 bits per heavy atom. The van der Waals surface area contributed by atoms with Gasteiger partial charge in [-0.2, -0.15) is 0 Å². The van der Waals surface area contributed by atoms with Crippen molar-refractivity contribution in [2.24, 2.45) is 5.92 Å². The van der Waals surface area contributed by atoms with Gasteiger partial charge in [0, 0.05) is 5.92 Å². The zero-order valence-electron chi connectivity index (χ0n) is 11.9. The summed E-state index contributed by atoms with van der Waals surface area (Å²) in [6.07, 6.45) is 3.41. The highest BCUT2D eigenvalue weighted by molar-refractivity contribution is 5.74. The lowest BCUT2D eigenvalue weighted by Gasteiger charge is -2.15. The van der Waals surface area contributed by atoms with Gasteiger partial charge in [-0.3, -0.25) is 0 Å². The van der Waals surface area contributed by atoms with Crippen molar-refractivity contribution in [1.29, 1.82) is 0 Å². The third-order valence-electron chi connectivity index (χ3n) is 3.88. The van der Waals surface area contributed by atoms with E-state index >= 15 is 0 Å². The molecule has 0 N–H and O–H groups in total. The van der Waals surface area contributed by atoms with E-state index < -0.39 is 0 Å². The monoisotopic (exact) mass is 264 g/mol. The van der Waals surface area contributed by atoms with Gasteiger partial charge in [0.15, 0.2) is 0 Å². The highest BCUT2D eigenvalue weighted by Gasteiger charge is 2.18. The van der Waals surface area contributed by atoms with E-state index in [2.05, 4.69) is 61.5 Å². The summed E-state index contributed by atoms with van der Waals surface area (Å²) in [5, 5.41) is 0. The van der Waals surface area contributed by atoms with E-state index in [1.807, 2.05) is 6.07 Å². The van der Waals surface area contributed by atoms with Crippen LogP contribution in [0.25, 0.3) is 5.57 Å². The Morgan fingerprint density at radius 1 is 1.00 bits per heavy atom. The summed E-state index contributed by atoms with van der Waals surface area (Å²) < 4.78 is 5.87. The van der Waals surface area contributed by atoms with Crippen LogP contribution in [0.15, 0.2) is 60.7 Å². The van der Waals surface area contributed by atoms with Crippen LogP contribution in [0.4, 0.5) is 0 Å². The predicted molar refractivity (Wildman–Crippen MR) is 83.4 cm³/mol. The van der Waals surface area contributed by atoms with Gasteiger partial charge in [0.1, 0.15) is 0 Å². The van der Waals surface area contributed by atoms with Crippen molar-refractivity contribution < 1.29 is 4.74 Å². The second kappa shape index (κ2) is 6.06. The fourth-order valence-electron chi connectivity index (χ4n) is 2.79. The molecule has 1 atom stereocenters. The summed E-state index contributed by atoms with van der Waals surface area (Å²) in [5.41, 5.74) is 5.52. The molecule has 0 saturated heterocycles. The number of hydrogen-bond acceptors (Lipinski definition) is 1. The first-order valence-corrected chi connectivity index (χ1v) is 7.24. The van der Waals surface area contributed by atoms with Crippen LogP contribution in [0, 0.1) is 5.92 Å². The van der Waals surface area contributed by atoms with Gasteiger partial charge in [-0.25, -0.2) is 0 Å². The summed E-state index contributed by atoms with van der Waals surface area (Å²) >= 11 is 0. The van der Waals surface area contributed by atoms with Crippen LogP contribution in [-0.4, -0.2) is 6.61 Å². The number of allylic oxidation sites excluding steroid dienone is 1. The maximum absolute atomic E-state index is 5.87. The number of benzene rings is 2. The van der Waals surface area contributed by atoms with Crippen molar-refractivity contribution in [3.63, 3.8) is 0 Å². The Balaban J connectivity index is 1.57. The van der Waals surface area contributed by atoms with Gasteiger partial charge in [-0.05, 0) is 28.7 Å². The first-order chi connectivity index (χ1) is 9.84. The standard InChI is InChI=1S/C19H20O/c1-15(13-20-14-16-7-3-2-4-8-16)18-12-11-17-9-5-6-10-19(17)18/h2-10,12,15H,11,13-14H2,1H3. The lowest BCUT2D eigenvalue weighted by Crippen LogP contribution is -2.07. The van der Waals surface area contributed by atoms with Gasteiger partial charge in [0.2, 0.25) is 0 Å². The lowest BCUT2D eigenvalue weighted by atomic mass is 9.96. The molecule has 3 rings (SSSR count). The van der Waals surface area contributed by atoms with Crippen molar-refractivity contribution in [3.8, 4) is 0 Å². The first kappa shape index (κ1) is 13.1. The van der Waals surface area contributed by atoms with Crippen LogP contribution in [0.3, 0.4) is 0 Å². The van der Waals surface area contributed by atoms with Crippen molar-refractivity contribution >= 4 is 5.57 Å². The molecule has 0 heterocycles. The van der Waals surface area contributed by atoms with Gasteiger partial charge in [-0.15, -0.1) is 0 Å². The number of rotatable bonds is 5. The number of hydrogen-bond donors (Lipinski definition) is 0. The van der Waals surface area contributed by atoms with E-state index in [-0.39, 0.29) is 0 Å². The molecule has 0 spiro atoms. The molecule has 0 aromatic heterocycles. The van der Waals surface area contributed by atoms with E-state index in [1.54, 1.807) is 0 Å². The Kier molecular flexibility index (Phi) is 3.98. The maximum atomic E-state index is 5.87. The minimum absolute atomic E-state index is 0.447. The Morgan fingerprint density at radius 3 is 2.60 bits per heavy atom. The summed E-state index contributed by atoms with van der Waals surface area (Å²) in [5.74, 6) is 0.447. The number of ether oxygens (including phenoxy) is 1. The van der Waals surface area contributed by atoms with Gasteiger partial charge >= 0.3 is 0 Å². The zero-order valence-corrected chi connectivity index (χ0v) is 11.9. The minimum Gasteiger partial charge on any atom is -0.376 e. The summed E-state index contributed by atoms with van der Waals surface area (Å²) in [7, 11) is 0. The average molecular weight is 264 g/mol. The van der Waals surface area contributed by atoms with Crippen LogP contribution >= 0.6 is 0 Å². The highest BCUT2D eigenvalue weighted by atomic mass is 16.5. The molecular weight excluding hydrogens is 244 g/mol. The molecule has 1 nitrogen and oxygen atoms in total. The molecule has 102 valence electrons. The van der Waals surface area contributed by atoms with Gasteiger partial charge in [0.05, 0.1) is 13.2 Å². The van der Waals surface area contributed by atoms with E-state index in [9.17, 15) is 0 Å². The second-order valence-electron chi connectivity index (χ2n) is 5.42. The molecule has 1 aliphatic carbocycles. The van der Waals surface area contributed by atoms with E-state index in [0.717, 1.165) is 13.0 Å². The highest BCUT2D eigenvalue weighted by Crippen LogP contribution is 2.32. The normalized spacial score (nSPS) is 14.8. The molecule has 0 aliphatic heterocycles. The molecule has 0 saturated carbocycles. The minimum atomic E-state index is 0.447. The van der Waals surface area contributed by atoms with Crippen molar-refractivity contribution in [2.75, 3.05) is 6.61 Å². The SMILES string of the molecule is CC(COCc1ccccc1)C1=CCc2ccccc21. The maximum Gasteiger partial charge on any atom is 0.0717 e. The van der Waals surface area contributed by atoms with E-state index in [1.165, 1.54) is 22.3 Å². The Bertz CT molecular complexity index is 598. The number of fused-ring (bicyclic) bond motifs is 1. The van der Waals surface area contributed by atoms with Gasteiger partial charge in [0.25, 0.3) is 0 Å². The summed E-state index contributed by atoms with van der Waals surface area (Å²) in [4.78, 5) is 0. The average Bonchev–Trinajstić information content (AvgIpc) is 2.92. The van der Waals surface area contributed by atoms with Crippen molar-refractivity contribution in [1.82, 2.24) is 0 Å². The zero-order chi connectivity index (χ0) is 13.8. The second-order valence-corrected chi connectivity index (χ2v) is 5.42. The fourth-order valence-corrected chi connectivity index (χ4v) is 2.79. The Hall–Kier alpha value is -1.86. The molecule has 0 amide bonds. The molecule has 2 aromatic rings. The Labute approximate surface area is 120 Å². The quantitative estimate of drug-likeness (QED) is 0.773. The van der Waals surface area contributed by atoms with Crippen LogP contribution in [-0.2, 0) is 17.8 Å².